The van der Waals surface area contributed by atoms with Gasteiger partial charge in [0.05, 0.1) is 0 Å². The van der Waals surface area contributed by atoms with Crippen LogP contribution in [0, 0.1) is 33.9 Å². The SMILES string of the molecule is C1CCC(P(C2CCCCC2)C2CCCCC2)CC1.CC1=CC(C)=C(N2CCN(c3c(C)cc(C)cc3C)[C]2=[Ru]([Cl])[Cl])C(c2ccccc2)C(C)=C1.[C-]#[N+]CC(=O)[O-].[C-]#[N+]CC(=O)[O-].[K+].[K+]. The summed E-state index contributed by atoms with van der Waals surface area (Å²) in [6, 6.07) is 15.3. The molecule has 350 valence electrons. The van der Waals surface area contributed by atoms with Crippen LogP contribution in [0.5, 0.6) is 0 Å². The molecule has 1 saturated heterocycles. The molecule has 1 heterocycles. The maximum Gasteiger partial charge on any atom is 1.00 e. The van der Waals surface area contributed by atoms with Crippen LogP contribution >= 0.6 is 27.3 Å². The van der Waals surface area contributed by atoms with E-state index in [2.05, 4.69) is 116 Å². The Kier molecular flexibility index (Phi) is 30.9. The van der Waals surface area contributed by atoms with Gasteiger partial charge < -0.3 is 29.5 Å². The molecule has 2 aromatic carbocycles. The van der Waals surface area contributed by atoms with Crippen LogP contribution < -0.4 is 118 Å². The van der Waals surface area contributed by atoms with Gasteiger partial charge in [0.25, 0.3) is 13.1 Å². The zero-order valence-corrected chi connectivity index (χ0v) is 51.3. The number of carboxylic acid groups (broad SMARTS) is 2. The predicted octanol–water partition coefficient (Wildman–Crippen LogP) is 5.50. The summed E-state index contributed by atoms with van der Waals surface area (Å²) < 4.78 is 1.09. The first-order valence-corrected chi connectivity index (χ1v) is 30.0. The summed E-state index contributed by atoms with van der Waals surface area (Å²) in [5.41, 5.74) is 15.1. The van der Waals surface area contributed by atoms with Gasteiger partial charge in [0, 0.05) is 0 Å². The molecule has 2 aromatic rings. The summed E-state index contributed by atoms with van der Waals surface area (Å²) in [4.78, 5) is 28.4. The number of carbonyl (C=O) groups is 2. The molecule has 7 rings (SSSR count). The first-order chi connectivity index (χ1) is 30.7. The number of hydrogen-bond donors (Lipinski definition) is 0. The van der Waals surface area contributed by atoms with Gasteiger partial charge in [-0.2, -0.15) is 0 Å². The van der Waals surface area contributed by atoms with E-state index in [0.717, 1.165) is 17.4 Å². The monoisotopic (exact) mass is 1090 g/mol. The Labute approximate surface area is 496 Å². The van der Waals surface area contributed by atoms with E-state index in [1.54, 1.807) is 77.0 Å². The van der Waals surface area contributed by atoms with Crippen LogP contribution in [0.4, 0.5) is 5.69 Å². The number of aryl methyl sites for hydroxylation is 3. The quantitative estimate of drug-likeness (QED) is 0.197. The molecule has 1 aliphatic heterocycles. The van der Waals surface area contributed by atoms with Crippen molar-refractivity contribution in [2.75, 3.05) is 31.1 Å². The number of benzene rings is 2. The summed E-state index contributed by atoms with van der Waals surface area (Å²) in [5, 5.41) is 18.5. The van der Waals surface area contributed by atoms with Crippen LogP contribution in [-0.4, -0.2) is 64.3 Å². The number of rotatable bonds is 8. The molecule has 0 bridgehead atoms. The van der Waals surface area contributed by atoms with Crippen molar-refractivity contribution in [1.29, 1.82) is 0 Å². The van der Waals surface area contributed by atoms with Gasteiger partial charge in [0.15, 0.2) is 0 Å². The molecule has 0 aromatic heterocycles. The minimum atomic E-state index is -2.24. The molecular weight excluding hydrogens is 1030 g/mol. The van der Waals surface area contributed by atoms with E-state index in [0.29, 0.717) is 7.92 Å². The summed E-state index contributed by atoms with van der Waals surface area (Å²) in [6.45, 7) is 25.8. The fraction of sp³-hybridized carbons (Fsp3) is 0.558. The first-order valence-electron chi connectivity index (χ1n) is 23.1. The van der Waals surface area contributed by atoms with E-state index < -0.39 is 38.5 Å². The average molecular weight is 1100 g/mol. The van der Waals surface area contributed by atoms with E-state index in [1.807, 2.05) is 0 Å². The molecular formula is C52H69Cl2K2N4O4PRu. The van der Waals surface area contributed by atoms with E-state index in [4.69, 9.17) is 32.5 Å². The molecule has 4 aliphatic carbocycles. The number of carbonyl (C=O) groups excluding carboxylic acids is 2. The molecule has 4 fully saturated rings. The minimum absolute atomic E-state index is 0. The standard InChI is InChI=1S/C28H32N2.C18H33P.2C3H3NO2.2ClH.2K.Ru/c1-19-14-21(3)26(25-10-8-7-9-11-25)28(24(6)17-19)30-13-12-29(18-30)27-22(4)15-20(2)16-23(27)5;1-4-10-16(11-5-1)19(17-12-6-2-7-13-17)18-14-8-3-9-15-18;2*1-4-2-3(5)6;;;;;/h7-11,14-17,26H,12-13H2,1-6H3;16-18H,1-15H2;2*2H2,(H,5,6);2*1H;;;/q;;;;;;2*+1;+2/p-4. The Balaban J connectivity index is 0.000000381. The van der Waals surface area contributed by atoms with Crippen molar-refractivity contribution < 1.29 is 136 Å². The number of halogens is 2. The largest absolute Gasteiger partial charge is 1.00 e. The van der Waals surface area contributed by atoms with Crippen LogP contribution in [-0.2, 0) is 23.1 Å². The topological polar surface area (TPSA) is 95.5 Å². The van der Waals surface area contributed by atoms with Crippen molar-refractivity contribution in [2.45, 2.75) is 161 Å². The smallest absolute Gasteiger partial charge is 0.543 e. The molecule has 0 radical (unpaired) electrons. The third kappa shape index (κ3) is 19.2. The Morgan fingerprint density at radius 3 is 1.48 bits per heavy atom. The predicted molar refractivity (Wildman–Crippen MR) is 261 cm³/mol. The number of hydrogen-bond acceptors (Lipinski definition) is 6. The summed E-state index contributed by atoms with van der Waals surface area (Å²) >= 11 is -2.24. The van der Waals surface area contributed by atoms with Gasteiger partial charge in [0.1, 0.15) is 11.9 Å². The van der Waals surface area contributed by atoms with Crippen LogP contribution in [0.2, 0.25) is 0 Å². The molecule has 0 amide bonds. The first kappa shape index (κ1) is 62.1. The fourth-order valence-corrected chi connectivity index (χ4v) is 18.5. The number of nitrogens with zero attached hydrogens (tertiary/aromatic N) is 4. The maximum absolute atomic E-state index is 9.27. The summed E-state index contributed by atoms with van der Waals surface area (Å²) in [5.74, 6) is -2.47. The van der Waals surface area contributed by atoms with E-state index in [-0.39, 0.29) is 109 Å². The molecule has 1 atom stereocenters. The average Bonchev–Trinajstić information content (AvgIpc) is 3.64. The van der Waals surface area contributed by atoms with Crippen molar-refractivity contribution in [2.24, 2.45) is 0 Å². The number of aliphatic carboxylic acids is 2. The fourth-order valence-electron chi connectivity index (χ4n) is 10.6. The minimum Gasteiger partial charge on any atom is -0.543 e. The van der Waals surface area contributed by atoms with Crippen molar-refractivity contribution >= 4 is 49.3 Å². The van der Waals surface area contributed by atoms with Crippen molar-refractivity contribution in [3.63, 3.8) is 0 Å². The van der Waals surface area contributed by atoms with Crippen molar-refractivity contribution in [1.82, 2.24) is 4.90 Å². The van der Waals surface area contributed by atoms with Crippen molar-refractivity contribution in [3.05, 3.63) is 122 Å². The van der Waals surface area contributed by atoms with Crippen LogP contribution in [0.1, 0.15) is 145 Å². The van der Waals surface area contributed by atoms with E-state index in [1.165, 1.54) is 86.6 Å². The second-order valence-corrected chi connectivity index (χ2v) is 26.6. The second kappa shape index (κ2) is 32.8. The van der Waals surface area contributed by atoms with Gasteiger partial charge in [-0.15, -0.1) is 0 Å². The number of allylic oxidation sites excluding steroid dienone is 5. The molecule has 3 saturated carbocycles. The van der Waals surface area contributed by atoms with E-state index in [9.17, 15) is 19.8 Å². The number of anilines is 1. The third-order valence-corrected chi connectivity index (χ3v) is 19.9. The molecule has 8 nitrogen and oxygen atoms in total. The normalized spacial score (nSPS) is 19.3. The molecule has 66 heavy (non-hydrogen) atoms. The summed E-state index contributed by atoms with van der Waals surface area (Å²) in [6.07, 6.45) is 28.2. The van der Waals surface area contributed by atoms with Gasteiger partial charge in [-0.3, -0.25) is 0 Å². The Bertz CT molecular complexity index is 2010. The maximum atomic E-state index is 9.27. The van der Waals surface area contributed by atoms with Gasteiger partial charge in [-0.1, -0.05) is 65.7 Å². The number of carboxylic acids is 2. The van der Waals surface area contributed by atoms with Crippen LogP contribution in [0.3, 0.4) is 0 Å². The van der Waals surface area contributed by atoms with Gasteiger partial charge in [-0.25, -0.2) is 13.1 Å². The van der Waals surface area contributed by atoms with E-state index >= 15 is 0 Å². The summed E-state index contributed by atoms with van der Waals surface area (Å²) in [7, 11) is 14.1. The zero-order chi connectivity index (χ0) is 46.8. The zero-order valence-electron chi connectivity index (χ0n) is 40.9. The van der Waals surface area contributed by atoms with Gasteiger partial charge in [0.2, 0.25) is 0 Å². The Morgan fingerprint density at radius 1 is 0.682 bits per heavy atom. The molecule has 5 aliphatic rings. The second-order valence-electron chi connectivity index (χ2n) is 17.9. The van der Waals surface area contributed by atoms with Crippen molar-refractivity contribution in [3.8, 4) is 0 Å². The molecule has 0 N–H and O–H groups in total. The van der Waals surface area contributed by atoms with Crippen LogP contribution in [0.25, 0.3) is 9.69 Å². The Morgan fingerprint density at radius 2 is 1.11 bits per heavy atom. The Hall–Kier alpha value is -0.0439. The van der Waals surface area contributed by atoms with Gasteiger partial charge in [-0.05, 0) is 55.5 Å². The molecule has 1 unspecified atom stereocenters. The third-order valence-electron chi connectivity index (χ3n) is 12.9. The molecule has 14 heteroatoms. The molecule has 0 spiro atoms. The van der Waals surface area contributed by atoms with Crippen LogP contribution in [0.15, 0.2) is 77.0 Å². The van der Waals surface area contributed by atoms with Gasteiger partial charge >= 0.3 is 315 Å².